The Kier molecular flexibility index (Phi) is 11.0. The van der Waals surface area contributed by atoms with Crippen molar-refractivity contribution in [2.24, 2.45) is 11.3 Å². The lowest BCUT2D eigenvalue weighted by Crippen LogP contribution is -2.74. The van der Waals surface area contributed by atoms with Gasteiger partial charge in [-0.15, -0.1) is 0 Å². The molecule has 0 bridgehead atoms. The van der Waals surface area contributed by atoms with E-state index in [4.69, 9.17) is 13.9 Å². The van der Waals surface area contributed by atoms with E-state index in [1.54, 1.807) is 17.0 Å². The maximum Gasteiger partial charge on any atom is 0.407 e. The largest absolute Gasteiger partial charge is 0.545 e. The molecule has 14 heteroatoms. The smallest absolute Gasteiger partial charge is 0.407 e. The summed E-state index contributed by atoms with van der Waals surface area (Å²) in [5.41, 5.74) is 4.62. The lowest BCUT2D eigenvalue weighted by Gasteiger charge is -2.61. The summed E-state index contributed by atoms with van der Waals surface area (Å²) in [5, 5.41) is 20.2. The van der Waals surface area contributed by atoms with Crippen LogP contribution in [0, 0.1) is 11.3 Å². The summed E-state index contributed by atoms with van der Waals surface area (Å²) >= 11 is 0. The van der Waals surface area contributed by atoms with Gasteiger partial charge in [-0.2, -0.15) is 0 Å². The van der Waals surface area contributed by atoms with Crippen LogP contribution in [0.2, 0.25) is 0 Å². The molecule has 2 spiro atoms. The molecular weight excluding hydrogens is 801 g/mol. The molecule has 4 fully saturated rings. The average molecular weight is 855 g/mol. The second-order valence-corrected chi connectivity index (χ2v) is 18.4. The Hall–Kier alpha value is -6.57. The van der Waals surface area contributed by atoms with Crippen LogP contribution >= 0.6 is 0 Å². The van der Waals surface area contributed by atoms with Gasteiger partial charge in [-0.3, -0.25) is 4.79 Å². The number of carbonyl (C=O) groups is 4. The SMILES string of the molecule is CN(C)c1ccc2c(-c3ccc(C(=O)NCCCCCOc4ccccc4CC4CC5(C4)CN(C(=O)N4CC6(COC(=O)N6)C4)C5)cc3C(=O)[O-])c3ccc(=[N+](C)C)cc-3oc2c1. The topological polar surface area (TPSA) is 160 Å². The molecule has 4 aliphatic heterocycles. The molecule has 4 amide bonds. The Balaban J connectivity index is 0.750. The van der Waals surface area contributed by atoms with Crippen molar-refractivity contribution >= 4 is 40.7 Å². The number of rotatable bonds is 13. The quantitative estimate of drug-likeness (QED) is 0.0963. The Morgan fingerprint density at radius 1 is 0.921 bits per heavy atom. The number of carboxylic acids is 1. The maximum absolute atomic E-state index is 13.3. The Morgan fingerprint density at radius 3 is 2.41 bits per heavy atom. The Labute approximate surface area is 366 Å². The van der Waals surface area contributed by atoms with Crippen molar-refractivity contribution < 1.29 is 38.2 Å². The highest BCUT2D eigenvalue weighted by Crippen LogP contribution is 2.53. The number of cyclic esters (lactones) is 1. The van der Waals surface area contributed by atoms with Gasteiger partial charge in [-0.1, -0.05) is 24.3 Å². The number of fused-ring (bicyclic) bond motifs is 2. The zero-order valence-corrected chi connectivity index (χ0v) is 36.3. The molecule has 2 N–H and O–H groups in total. The molecule has 0 radical (unpaired) electrons. The first-order valence-electron chi connectivity index (χ1n) is 21.8. The zero-order valence-electron chi connectivity index (χ0n) is 36.3. The minimum absolute atomic E-state index is 0.0523. The molecule has 1 saturated carbocycles. The molecule has 328 valence electrons. The molecule has 2 aliphatic carbocycles. The van der Waals surface area contributed by atoms with Crippen LogP contribution in [0.3, 0.4) is 0 Å². The third-order valence-electron chi connectivity index (χ3n) is 13.2. The number of hydrogen-bond acceptors (Lipinski definition) is 9. The number of likely N-dealkylation sites (tertiary alicyclic amines) is 2. The molecular formula is C49H54N6O8. The monoisotopic (exact) mass is 854 g/mol. The number of benzene rings is 4. The molecule has 3 saturated heterocycles. The molecule has 14 nitrogen and oxygen atoms in total. The van der Waals surface area contributed by atoms with Gasteiger partial charge in [0.15, 0.2) is 0 Å². The normalized spacial score (nSPS) is 17.2. The lowest BCUT2D eigenvalue weighted by atomic mass is 9.56. The van der Waals surface area contributed by atoms with Crippen molar-refractivity contribution in [3.63, 3.8) is 0 Å². The number of unbranched alkanes of at least 4 members (excludes halogenated alkanes) is 2. The first-order chi connectivity index (χ1) is 30.3. The van der Waals surface area contributed by atoms with E-state index in [1.165, 1.54) is 11.6 Å². The number of nitrogens with zero attached hydrogens (tertiary/aromatic N) is 4. The van der Waals surface area contributed by atoms with Crippen molar-refractivity contribution in [1.29, 1.82) is 0 Å². The number of nitrogens with one attached hydrogen (secondary N) is 2. The second kappa shape index (κ2) is 16.6. The number of alkyl carbamates (subject to hydrolysis) is 1. The van der Waals surface area contributed by atoms with Crippen LogP contribution in [-0.4, -0.2) is 113 Å². The molecule has 0 unspecified atom stereocenters. The van der Waals surface area contributed by atoms with Crippen LogP contribution in [0.4, 0.5) is 15.3 Å². The molecule has 9 rings (SSSR count). The number of carboxylic acid groups (broad SMARTS) is 1. The van der Waals surface area contributed by atoms with Crippen molar-refractivity contribution in [3.8, 4) is 28.2 Å². The highest BCUT2D eigenvalue weighted by Gasteiger charge is 2.57. The third kappa shape index (κ3) is 8.26. The predicted octanol–water partition coefficient (Wildman–Crippen LogP) is 4.81. The van der Waals surface area contributed by atoms with Crippen LogP contribution in [0.25, 0.3) is 33.4 Å². The first-order valence-corrected chi connectivity index (χ1v) is 21.8. The standard InChI is InChI=1S/C49H54N6O8/c1-52(2)34-13-16-37-41(22-34)63-42-23-35(53(3)4)14-17-38(42)43(37)36-15-12-33(21-39(36)45(57)58)44(56)50-18-8-5-9-19-61-40-11-7-6-10-32(40)20-31-24-48(25-31)26-54(27-48)47(60)55-28-49(29-55)30-62-46(59)51-49/h6-7,10-17,21-23,31H,5,8-9,18-20,24-30H2,1-4H3,(H2-,50,51,56,57,58,59). The van der Waals surface area contributed by atoms with Crippen LogP contribution in [0.15, 0.2) is 83.3 Å². The number of anilines is 1. The number of para-hydroxylation sites is 1. The number of ether oxygens (including phenoxy) is 2. The van der Waals surface area contributed by atoms with Gasteiger partial charge in [0.2, 0.25) is 5.36 Å². The molecule has 63 heavy (non-hydrogen) atoms. The maximum atomic E-state index is 13.3. The van der Waals surface area contributed by atoms with Crippen LogP contribution in [0.5, 0.6) is 5.75 Å². The number of amides is 4. The van der Waals surface area contributed by atoms with E-state index >= 15 is 0 Å². The molecule has 6 aliphatic rings. The van der Waals surface area contributed by atoms with Gasteiger partial charge in [0, 0.05) is 84.6 Å². The minimum atomic E-state index is -1.37. The lowest BCUT2D eigenvalue weighted by molar-refractivity contribution is -0.254. The van der Waals surface area contributed by atoms with Gasteiger partial charge in [0.25, 0.3) is 5.91 Å². The first kappa shape index (κ1) is 41.8. The van der Waals surface area contributed by atoms with E-state index in [0.717, 1.165) is 79.4 Å². The van der Waals surface area contributed by atoms with Gasteiger partial charge < -0.3 is 49.1 Å². The van der Waals surface area contributed by atoms with Gasteiger partial charge in [0.05, 0.1) is 31.7 Å². The molecule has 0 aromatic heterocycles. The van der Waals surface area contributed by atoms with Crippen LogP contribution < -0.4 is 35.3 Å². The van der Waals surface area contributed by atoms with Crippen LogP contribution in [-0.2, 0) is 11.2 Å². The van der Waals surface area contributed by atoms with Crippen molar-refractivity contribution in [3.05, 3.63) is 101 Å². The zero-order chi connectivity index (χ0) is 44.0. The van der Waals surface area contributed by atoms with E-state index in [1.807, 2.05) is 97.2 Å². The molecule has 0 atom stereocenters. The van der Waals surface area contributed by atoms with Crippen molar-refractivity contribution in [2.45, 2.75) is 44.1 Å². The minimum Gasteiger partial charge on any atom is -0.545 e. The van der Waals surface area contributed by atoms with Gasteiger partial charge in [0.1, 0.15) is 43.3 Å². The van der Waals surface area contributed by atoms with E-state index in [2.05, 4.69) is 16.7 Å². The summed E-state index contributed by atoms with van der Waals surface area (Å²) in [6.45, 7) is 3.90. The average Bonchev–Trinajstić information content (AvgIpc) is 3.63. The Morgan fingerprint density at radius 2 is 1.68 bits per heavy atom. The second-order valence-electron chi connectivity index (χ2n) is 18.4. The summed E-state index contributed by atoms with van der Waals surface area (Å²) in [4.78, 5) is 56.1. The van der Waals surface area contributed by atoms with Gasteiger partial charge in [-0.05, 0) is 92.0 Å². The van der Waals surface area contributed by atoms with Crippen molar-refractivity contribution in [2.75, 3.05) is 79.0 Å². The van der Waals surface area contributed by atoms with Crippen molar-refractivity contribution in [1.82, 2.24) is 25.0 Å². The fourth-order valence-corrected chi connectivity index (χ4v) is 9.95. The van der Waals surface area contributed by atoms with Gasteiger partial charge in [-0.25, -0.2) is 14.2 Å². The summed E-state index contributed by atoms with van der Waals surface area (Å²) < 4.78 is 19.7. The third-order valence-corrected chi connectivity index (χ3v) is 13.2. The molecule has 4 heterocycles. The van der Waals surface area contributed by atoms with Crippen LogP contribution in [0.1, 0.15) is 58.4 Å². The summed E-state index contributed by atoms with van der Waals surface area (Å²) in [6.07, 6.45) is 5.13. The Bertz CT molecular complexity index is 2650. The number of carbonyl (C=O) groups excluding carboxylic acids is 4. The van der Waals surface area contributed by atoms with E-state index in [-0.39, 0.29) is 28.5 Å². The summed E-state index contributed by atoms with van der Waals surface area (Å²) in [7, 11) is 7.79. The van der Waals surface area contributed by atoms with Gasteiger partial charge >= 0.3 is 12.1 Å². The number of aromatic carboxylic acids is 1. The number of hydrogen-bond donors (Lipinski definition) is 2. The molecule has 3 aromatic rings. The van der Waals surface area contributed by atoms with E-state index < -0.39 is 17.6 Å². The highest BCUT2D eigenvalue weighted by molar-refractivity contribution is 6.09. The summed E-state index contributed by atoms with van der Waals surface area (Å²) in [5.74, 6) is 0.342. The fourth-order valence-electron chi connectivity index (χ4n) is 9.95. The fraction of sp³-hybridized carbons (Fsp3) is 0.408. The highest BCUT2D eigenvalue weighted by atomic mass is 16.6. The van der Waals surface area contributed by atoms with E-state index in [0.29, 0.717) is 61.2 Å². The molecule has 3 aromatic carbocycles. The predicted molar refractivity (Wildman–Crippen MR) is 237 cm³/mol. The number of urea groups is 1. The summed E-state index contributed by atoms with van der Waals surface area (Å²) in [6, 6.07) is 24.7. The van der Waals surface area contributed by atoms with E-state index in [9.17, 15) is 24.3 Å².